The van der Waals surface area contributed by atoms with Gasteiger partial charge in [0.15, 0.2) is 0 Å². The van der Waals surface area contributed by atoms with Crippen molar-refractivity contribution in [3.63, 3.8) is 0 Å². The quantitative estimate of drug-likeness (QED) is 0.275. The first kappa shape index (κ1) is 24.5. The molecule has 0 atom stereocenters. The number of carbonyl (C=O) groups excluding carboxylic acids is 2. The molecule has 0 aromatic heterocycles. The Morgan fingerprint density at radius 1 is 0.686 bits per heavy atom. The van der Waals surface area contributed by atoms with Crippen LogP contribution in [-0.2, 0) is 9.59 Å². The van der Waals surface area contributed by atoms with E-state index in [1.165, 1.54) is 0 Å². The van der Waals surface area contributed by atoms with Crippen molar-refractivity contribution in [2.75, 3.05) is 0 Å². The lowest BCUT2D eigenvalue weighted by atomic mass is 9.86. The SMILES string of the molecule is CCC(CC)(NC(=O)C(CC)(CC)NC(=O)c1ccc2ccc3cccc4ccc1c2c34)C(=O)O. The molecular formula is C29H32N2O4. The summed E-state index contributed by atoms with van der Waals surface area (Å²) >= 11 is 0. The molecule has 0 saturated heterocycles. The summed E-state index contributed by atoms with van der Waals surface area (Å²) in [6.07, 6.45) is 1.15. The minimum Gasteiger partial charge on any atom is -0.480 e. The maximum Gasteiger partial charge on any atom is 0.329 e. The number of nitrogens with one attached hydrogen (secondary N) is 2. The van der Waals surface area contributed by atoms with E-state index in [-0.39, 0.29) is 18.7 Å². The Balaban J connectivity index is 1.76. The highest BCUT2D eigenvalue weighted by molar-refractivity contribution is 6.26. The fraction of sp³-hybridized carbons (Fsp3) is 0.345. The third kappa shape index (κ3) is 3.87. The van der Waals surface area contributed by atoms with E-state index >= 15 is 0 Å². The van der Waals surface area contributed by atoms with Gasteiger partial charge in [-0.25, -0.2) is 4.79 Å². The molecule has 6 nitrogen and oxygen atoms in total. The third-order valence-corrected chi connectivity index (χ3v) is 7.74. The minimum absolute atomic E-state index is 0.247. The van der Waals surface area contributed by atoms with Crippen LogP contribution in [0.5, 0.6) is 0 Å². The average molecular weight is 473 g/mol. The Bertz CT molecular complexity index is 1400. The van der Waals surface area contributed by atoms with Gasteiger partial charge in [-0.2, -0.15) is 0 Å². The molecule has 4 aromatic rings. The van der Waals surface area contributed by atoms with Crippen LogP contribution in [0, 0.1) is 0 Å². The lowest BCUT2D eigenvalue weighted by Gasteiger charge is -2.36. The number of benzene rings is 4. The second-order valence-corrected chi connectivity index (χ2v) is 9.26. The van der Waals surface area contributed by atoms with E-state index in [9.17, 15) is 19.5 Å². The zero-order valence-corrected chi connectivity index (χ0v) is 20.7. The van der Waals surface area contributed by atoms with Crippen LogP contribution in [-0.4, -0.2) is 34.0 Å². The van der Waals surface area contributed by atoms with Crippen LogP contribution in [0.4, 0.5) is 0 Å². The van der Waals surface area contributed by atoms with Crippen LogP contribution in [0.1, 0.15) is 63.7 Å². The second kappa shape index (κ2) is 9.17. The number of hydrogen-bond acceptors (Lipinski definition) is 3. The Labute approximate surface area is 205 Å². The van der Waals surface area contributed by atoms with Crippen molar-refractivity contribution in [2.45, 2.75) is 64.5 Å². The summed E-state index contributed by atoms with van der Waals surface area (Å²) in [4.78, 5) is 39.1. The maximum absolute atomic E-state index is 13.7. The van der Waals surface area contributed by atoms with Gasteiger partial charge in [0, 0.05) is 5.56 Å². The number of carboxylic acids is 1. The Morgan fingerprint density at radius 2 is 1.20 bits per heavy atom. The molecule has 0 saturated carbocycles. The van der Waals surface area contributed by atoms with Crippen molar-refractivity contribution >= 4 is 50.1 Å². The summed E-state index contributed by atoms with van der Waals surface area (Å²) < 4.78 is 0. The summed E-state index contributed by atoms with van der Waals surface area (Å²) in [5.41, 5.74) is -2.11. The first-order chi connectivity index (χ1) is 16.8. The molecule has 0 bridgehead atoms. The van der Waals surface area contributed by atoms with Gasteiger partial charge < -0.3 is 15.7 Å². The van der Waals surface area contributed by atoms with Gasteiger partial charge in [0.25, 0.3) is 5.91 Å². The van der Waals surface area contributed by atoms with Gasteiger partial charge in [-0.15, -0.1) is 0 Å². The number of carboxylic acid groups (broad SMARTS) is 1. The summed E-state index contributed by atoms with van der Waals surface area (Å²) in [7, 11) is 0. The van der Waals surface area contributed by atoms with Gasteiger partial charge in [-0.3, -0.25) is 9.59 Å². The highest BCUT2D eigenvalue weighted by Crippen LogP contribution is 2.36. The van der Waals surface area contributed by atoms with Crippen LogP contribution in [0.15, 0.2) is 54.6 Å². The number of aliphatic carboxylic acids is 1. The Morgan fingerprint density at radius 3 is 1.74 bits per heavy atom. The summed E-state index contributed by atoms with van der Waals surface area (Å²) in [5.74, 6) is -1.90. The van der Waals surface area contributed by atoms with E-state index in [0.717, 1.165) is 32.3 Å². The van der Waals surface area contributed by atoms with Crippen molar-refractivity contribution in [3.05, 3.63) is 60.2 Å². The van der Waals surface area contributed by atoms with Crippen LogP contribution < -0.4 is 10.6 Å². The zero-order chi connectivity index (χ0) is 25.4. The maximum atomic E-state index is 13.7. The minimum atomic E-state index is -1.37. The first-order valence-electron chi connectivity index (χ1n) is 12.3. The molecule has 0 aliphatic carbocycles. The number of carbonyl (C=O) groups is 3. The number of amides is 2. The molecule has 0 aliphatic rings. The molecule has 0 spiro atoms. The molecule has 0 aliphatic heterocycles. The lowest BCUT2D eigenvalue weighted by Crippen LogP contribution is -2.64. The summed E-state index contributed by atoms with van der Waals surface area (Å²) in [6.45, 7) is 7.13. The topological polar surface area (TPSA) is 95.5 Å². The van der Waals surface area contributed by atoms with E-state index in [4.69, 9.17) is 0 Å². The van der Waals surface area contributed by atoms with E-state index < -0.39 is 23.0 Å². The van der Waals surface area contributed by atoms with Gasteiger partial charge in [-0.05, 0) is 64.1 Å². The van der Waals surface area contributed by atoms with Gasteiger partial charge in [-0.1, -0.05) is 76.2 Å². The van der Waals surface area contributed by atoms with Crippen LogP contribution >= 0.6 is 0 Å². The smallest absolute Gasteiger partial charge is 0.329 e. The fourth-order valence-electron chi connectivity index (χ4n) is 5.14. The van der Waals surface area contributed by atoms with Gasteiger partial charge in [0.2, 0.25) is 5.91 Å². The van der Waals surface area contributed by atoms with E-state index in [2.05, 4.69) is 34.9 Å². The summed E-state index contributed by atoms with van der Waals surface area (Å²) in [5, 5.41) is 21.8. The molecule has 3 N–H and O–H groups in total. The molecule has 182 valence electrons. The molecule has 6 heteroatoms. The Kier molecular flexibility index (Phi) is 6.41. The zero-order valence-electron chi connectivity index (χ0n) is 20.7. The average Bonchev–Trinajstić information content (AvgIpc) is 2.88. The molecule has 4 rings (SSSR count). The van der Waals surface area contributed by atoms with Crippen molar-refractivity contribution in [3.8, 4) is 0 Å². The highest BCUT2D eigenvalue weighted by atomic mass is 16.4. The third-order valence-electron chi connectivity index (χ3n) is 7.74. The van der Waals surface area contributed by atoms with Crippen LogP contribution in [0.3, 0.4) is 0 Å². The van der Waals surface area contributed by atoms with Crippen LogP contribution in [0.25, 0.3) is 32.3 Å². The monoisotopic (exact) mass is 472 g/mol. The lowest BCUT2D eigenvalue weighted by molar-refractivity contribution is -0.149. The molecule has 0 fully saturated rings. The summed E-state index contributed by atoms with van der Waals surface area (Å²) in [6, 6.07) is 18.0. The molecule has 35 heavy (non-hydrogen) atoms. The van der Waals surface area contributed by atoms with E-state index in [0.29, 0.717) is 18.4 Å². The second-order valence-electron chi connectivity index (χ2n) is 9.26. The largest absolute Gasteiger partial charge is 0.480 e. The Hall–Kier alpha value is -3.67. The number of rotatable bonds is 9. The predicted octanol–water partition coefficient (Wildman–Crippen LogP) is 5.63. The van der Waals surface area contributed by atoms with E-state index in [1.807, 2.05) is 38.1 Å². The van der Waals surface area contributed by atoms with Crippen molar-refractivity contribution in [2.24, 2.45) is 0 Å². The molecule has 0 unspecified atom stereocenters. The standard InChI is InChI=1S/C29H32N2O4/c1-5-28(6-2,26(33)31-29(7-3,8-4)27(34)35)30-25(32)22-17-15-20-13-12-18-10-9-11-19-14-16-21(22)24(20)23(18)19/h9-17H,5-8H2,1-4H3,(H,30,32)(H,31,33)(H,34,35). The normalized spacial score (nSPS) is 12.3. The molecule has 0 heterocycles. The predicted molar refractivity (Wildman–Crippen MR) is 140 cm³/mol. The van der Waals surface area contributed by atoms with Crippen LogP contribution in [0.2, 0.25) is 0 Å². The van der Waals surface area contributed by atoms with Crippen molar-refractivity contribution < 1.29 is 19.5 Å². The van der Waals surface area contributed by atoms with Gasteiger partial charge in [0.05, 0.1) is 0 Å². The molecule has 0 radical (unpaired) electrons. The van der Waals surface area contributed by atoms with Gasteiger partial charge in [0.1, 0.15) is 11.1 Å². The first-order valence-corrected chi connectivity index (χ1v) is 12.3. The highest BCUT2D eigenvalue weighted by Gasteiger charge is 2.44. The van der Waals surface area contributed by atoms with Crippen molar-refractivity contribution in [1.82, 2.24) is 10.6 Å². The van der Waals surface area contributed by atoms with Crippen molar-refractivity contribution in [1.29, 1.82) is 0 Å². The molecular weight excluding hydrogens is 440 g/mol. The van der Waals surface area contributed by atoms with Gasteiger partial charge >= 0.3 is 5.97 Å². The molecule has 2 amide bonds. The van der Waals surface area contributed by atoms with E-state index in [1.54, 1.807) is 19.9 Å². The number of hydrogen-bond donors (Lipinski definition) is 3. The molecule has 4 aromatic carbocycles. The fourth-order valence-corrected chi connectivity index (χ4v) is 5.14.